The fraction of sp³-hybridized carbons (Fsp3) is 0.356. The Morgan fingerprint density at radius 3 is 1.79 bits per heavy atom. The molecule has 3 aliphatic carbocycles. The van der Waals surface area contributed by atoms with Gasteiger partial charge in [0.05, 0.1) is 16.1 Å². The second-order valence-corrected chi connectivity index (χ2v) is 29.4. The monoisotopic (exact) mass is 741 g/mol. The van der Waals surface area contributed by atoms with Crippen molar-refractivity contribution in [2.24, 2.45) is 5.41 Å². The van der Waals surface area contributed by atoms with E-state index in [1.54, 1.807) is 10.8 Å². The molecule has 6 rings (SSSR count). The third-order valence-corrected chi connectivity index (χ3v) is 17.3. The predicted octanol–water partition coefficient (Wildman–Crippen LogP) is 10.0. The Balaban J connectivity index is 0.000000267. The summed E-state index contributed by atoms with van der Waals surface area (Å²) >= 11 is 1.46. The molecule has 0 amide bonds. The first kappa shape index (κ1) is 36.8. The summed E-state index contributed by atoms with van der Waals surface area (Å²) in [4.78, 5) is 0. The van der Waals surface area contributed by atoms with Crippen LogP contribution < -0.4 is 15.6 Å². The Labute approximate surface area is 308 Å². The van der Waals surface area contributed by atoms with Crippen LogP contribution >= 0.6 is 0 Å². The summed E-state index contributed by atoms with van der Waals surface area (Å²) in [5.41, 5.74) is 10.2. The summed E-state index contributed by atoms with van der Waals surface area (Å²) in [5.74, 6) is 0. The Kier molecular flexibility index (Phi) is 10.2. The normalized spacial score (nSPS) is 18.9. The van der Waals surface area contributed by atoms with Gasteiger partial charge < -0.3 is 0 Å². The van der Waals surface area contributed by atoms with Gasteiger partial charge in [0.25, 0.3) is 0 Å². The van der Waals surface area contributed by atoms with E-state index in [4.69, 9.17) is 0 Å². The van der Waals surface area contributed by atoms with E-state index in [-0.39, 0.29) is 15.9 Å². The van der Waals surface area contributed by atoms with E-state index in [2.05, 4.69) is 190 Å². The van der Waals surface area contributed by atoms with Crippen molar-refractivity contribution in [3.05, 3.63) is 147 Å². The van der Waals surface area contributed by atoms with Crippen molar-refractivity contribution in [3.8, 4) is 0 Å². The zero-order chi connectivity index (χ0) is 35.3. The van der Waals surface area contributed by atoms with Crippen molar-refractivity contribution in [1.82, 2.24) is 0 Å². The van der Waals surface area contributed by atoms with Crippen LogP contribution in [-0.2, 0) is 29.7 Å². The zero-order valence-corrected chi connectivity index (χ0v) is 36.0. The molecule has 3 aliphatic rings. The molecule has 0 spiro atoms. The number of hydrogen-bond donors (Lipinski definition) is 0. The van der Waals surface area contributed by atoms with E-state index < -0.39 is 16.1 Å². The molecule has 0 heterocycles. The first-order valence-corrected chi connectivity index (χ1v) is 25.8. The summed E-state index contributed by atoms with van der Waals surface area (Å²) in [6.07, 6.45) is 17.2. The first-order valence-electron chi connectivity index (χ1n) is 17.6. The van der Waals surface area contributed by atoms with Crippen molar-refractivity contribution >= 4 is 36.2 Å². The van der Waals surface area contributed by atoms with Crippen LogP contribution in [0.1, 0.15) is 64.7 Å². The van der Waals surface area contributed by atoms with Gasteiger partial charge >= 0.3 is 99.2 Å². The molecule has 248 valence electrons. The van der Waals surface area contributed by atoms with E-state index in [9.17, 15) is 0 Å². The quantitative estimate of drug-likeness (QED) is 0.180. The summed E-state index contributed by atoms with van der Waals surface area (Å²) in [5, 5.41) is 4.44. The maximum atomic E-state index is 4.05. The summed E-state index contributed by atoms with van der Waals surface area (Å²) in [6.45, 7) is 29.6. The number of benzene rings is 3. The third kappa shape index (κ3) is 6.94. The Morgan fingerprint density at radius 2 is 1.35 bits per heavy atom. The van der Waals surface area contributed by atoms with Crippen molar-refractivity contribution in [1.29, 1.82) is 0 Å². The SMILES string of the molecule is CC(C)(C)c1cc([Si](C)(C)C)c2c(c1)=[C-]C1=C(C3=CC=CC3)C(C(C)(C)C)([Si](C)(C)C)C=CC=21.[Zr]=[C](c1ccccc1)c1ccccc1. The molecule has 3 heteroatoms. The van der Waals surface area contributed by atoms with Gasteiger partial charge in [-0.1, -0.05) is 139 Å². The Bertz CT molecular complexity index is 1900. The summed E-state index contributed by atoms with van der Waals surface area (Å²) in [7, 11) is -3.26. The van der Waals surface area contributed by atoms with Crippen LogP contribution in [0.2, 0.25) is 44.3 Å². The van der Waals surface area contributed by atoms with E-state index >= 15 is 0 Å². The molecule has 0 saturated heterocycles. The van der Waals surface area contributed by atoms with Crippen LogP contribution in [0.15, 0.2) is 120 Å². The van der Waals surface area contributed by atoms with Crippen molar-refractivity contribution in [2.75, 3.05) is 0 Å². The molecule has 1 unspecified atom stereocenters. The van der Waals surface area contributed by atoms with Crippen LogP contribution in [0, 0.1) is 5.41 Å². The van der Waals surface area contributed by atoms with Crippen LogP contribution in [0.3, 0.4) is 0 Å². The Hall–Kier alpha value is -2.45. The average molecular weight is 743 g/mol. The van der Waals surface area contributed by atoms with Gasteiger partial charge in [-0.15, -0.1) is 33.7 Å². The van der Waals surface area contributed by atoms with Gasteiger partial charge in [0.2, 0.25) is 0 Å². The zero-order valence-electron chi connectivity index (χ0n) is 31.5. The molecular weight excluding hydrogens is 688 g/mol. The van der Waals surface area contributed by atoms with Gasteiger partial charge in [0, 0.05) is 0 Å². The number of fused-ring (bicyclic) bond motifs is 2. The van der Waals surface area contributed by atoms with Crippen LogP contribution in [-0.4, -0.2) is 19.4 Å². The summed E-state index contributed by atoms with van der Waals surface area (Å²) in [6, 6.07) is 26.1. The molecule has 0 fully saturated rings. The van der Waals surface area contributed by atoms with Gasteiger partial charge in [-0.3, -0.25) is 0 Å². The van der Waals surface area contributed by atoms with Gasteiger partial charge in [-0.2, -0.15) is 0 Å². The molecule has 0 aromatic heterocycles. The standard InChI is InChI=1S/C32H45Si2.C13H10.Zr/c1-30(2,3)24-19-23-20-26-25(28(23)27(21-24)33(7,8)9)17-18-32(31(4,5)6,34(10,11)12)29(26)22-15-13-14-16-22;1-3-7-12(8-4-1)11-13-9-5-2-6-10-13;/h13-15,17-19,21H,16H2,1-12H3;1-10H;/q-1;;. The molecule has 0 aliphatic heterocycles. The van der Waals surface area contributed by atoms with Gasteiger partial charge in [-0.25, -0.2) is 0 Å². The average Bonchev–Trinajstić information content (AvgIpc) is 3.67. The minimum atomic E-state index is -1.68. The molecule has 0 nitrogen and oxygen atoms in total. The first-order chi connectivity index (χ1) is 22.3. The van der Waals surface area contributed by atoms with Gasteiger partial charge in [0.1, 0.15) is 0 Å². The van der Waals surface area contributed by atoms with Crippen molar-refractivity contribution < 1.29 is 24.2 Å². The van der Waals surface area contributed by atoms with Crippen LogP contribution in [0.4, 0.5) is 0 Å². The number of allylic oxidation sites excluding steroid dienone is 8. The molecule has 1 atom stereocenters. The van der Waals surface area contributed by atoms with E-state index in [1.165, 1.54) is 71.3 Å². The molecular formula is C45H55Si2Zr-. The maximum absolute atomic E-state index is 4.05. The minimum absolute atomic E-state index is 0.0535. The van der Waals surface area contributed by atoms with E-state index in [1.807, 2.05) is 0 Å². The molecule has 0 radical (unpaired) electrons. The molecule has 0 N–H and O–H groups in total. The van der Waals surface area contributed by atoms with Crippen molar-refractivity contribution in [2.45, 2.75) is 97.7 Å². The van der Waals surface area contributed by atoms with Gasteiger partial charge in [0.15, 0.2) is 0 Å². The van der Waals surface area contributed by atoms with Crippen molar-refractivity contribution in [3.63, 3.8) is 0 Å². The second kappa shape index (κ2) is 13.4. The molecule has 3 aromatic rings. The van der Waals surface area contributed by atoms with E-state index in [0.717, 1.165) is 6.42 Å². The number of rotatable bonds is 5. The van der Waals surface area contributed by atoms with Gasteiger partial charge in [-0.05, 0) is 22.3 Å². The van der Waals surface area contributed by atoms with E-state index in [0.29, 0.717) is 0 Å². The summed E-state index contributed by atoms with van der Waals surface area (Å²) < 4.78 is 1.42. The fourth-order valence-corrected chi connectivity index (χ4v) is 14.3. The third-order valence-electron chi connectivity index (χ3n) is 10.3. The molecule has 0 saturated carbocycles. The second-order valence-electron chi connectivity index (χ2n) is 17.8. The van der Waals surface area contributed by atoms with Crippen LogP contribution in [0.25, 0.3) is 11.6 Å². The fourth-order valence-electron chi connectivity index (χ4n) is 8.03. The molecule has 0 bridgehead atoms. The Morgan fingerprint density at radius 1 is 0.792 bits per heavy atom. The topological polar surface area (TPSA) is 0 Å². The molecule has 48 heavy (non-hydrogen) atoms. The number of hydrogen-bond acceptors (Lipinski definition) is 0. The van der Waals surface area contributed by atoms with Crippen LogP contribution in [0.5, 0.6) is 0 Å². The molecule has 3 aromatic carbocycles. The predicted molar refractivity (Wildman–Crippen MR) is 214 cm³/mol.